The number of ether oxygens (including phenoxy) is 2. The third kappa shape index (κ3) is 4.01. The van der Waals surface area contributed by atoms with E-state index >= 15 is 0 Å². The summed E-state index contributed by atoms with van der Waals surface area (Å²) >= 11 is 0. The van der Waals surface area contributed by atoms with E-state index in [0.717, 1.165) is 25.9 Å². The number of primary amides is 1. The Hall–Kier alpha value is -2.48. The molecule has 0 atom stereocenters. The number of rotatable bonds is 5. The Morgan fingerprint density at radius 1 is 1.04 bits per heavy atom. The van der Waals surface area contributed by atoms with Gasteiger partial charge in [0.25, 0.3) is 0 Å². The molecule has 0 aromatic heterocycles. The van der Waals surface area contributed by atoms with Crippen LogP contribution >= 0.6 is 0 Å². The molecule has 1 aromatic carbocycles. The van der Waals surface area contributed by atoms with Gasteiger partial charge in [0.1, 0.15) is 17.0 Å². The average Bonchev–Trinajstić information content (AvgIpc) is 2.74. The molecule has 1 aromatic rings. The fraction of sp³-hybridized carbons (Fsp3) is 0.600. The first-order valence-electron chi connectivity index (χ1n) is 9.83. The fourth-order valence-corrected chi connectivity index (χ4v) is 4.23. The molecule has 8 nitrogen and oxygen atoms in total. The highest BCUT2D eigenvalue weighted by Gasteiger charge is 2.45. The number of benzene rings is 1. The van der Waals surface area contributed by atoms with Crippen molar-refractivity contribution in [3.05, 3.63) is 18.2 Å². The number of hydrogen-bond acceptors (Lipinski definition) is 5. The number of carbonyl (C=O) groups excluding carboxylic acids is 2. The molecule has 2 heterocycles. The molecule has 154 valence electrons. The number of nitrogens with one attached hydrogen (secondary N) is 1. The lowest BCUT2D eigenvalue weighted by molar-refractivity contribution is -0.134. The molecule has 2 aliphatic rings. The van der Waals surface area contributed by atoms with Gasteiger partial charge >= 0.3 is 6.03 Å². The van der Waals surface area contributed by atoms with Crippen molar-refractivity contribution in [2.24, 2.45) is 5.73 Å². The van der Waals surface area contributed by atoms with E-state index in [4.69, 9.17) is 15.2 Å². The summed E-state index contributed by atoms with van der Waals surface area (Å²) in [7, 11) is 3.13. The molecule has 0 saturated carbocycles. The van der Waals surface area contributed by atoms with Crippen molar-refractivity contribution >= 4 is 17.6 Å². The number of piperidine rings is 2. The number of likely N-dealkylation sites (tertiary alicyclic amines) is 2. The van der Waals surface area contributed by atoms with E-state index in [2.05, 4.69) is 10.2 Å². The molecular weight excluding hydrogens is 360 g/mol. The smallest absolute Gasteiger partial charge is 0.321 e. The van der Waals surface area contributed by atoms with Gasteiger partial charge in [0.05, 0.1) is 19.9 Å². The van der Waals surface area contributed by atoms with Crippen LogP contribution in [0.4, 0.5) is 10.5 Å². The molecule has 2 fully saturated rings. The zero-order chi connectivity index (χ0) is 20.1. The van der Waals surface area contributed by atoms with E-state index in [1.165, 1.54) is 6.42 Å². The molecule has 2 aliphatic heterocycles. The molecular formula is C20H30N4O4. The van der Waals surface area contributed by atoms with Crippen molar-refractivity contribution < 1.29 is 19.1 Å². The monoisotopic (exact) mass is 390 g/mol. The van der Waals surface area contributed by atoms with Gasteiger partial charge in [-0.05, 0) is 50.9 Å². The Labute approximate surface area is 165 Å². The maximum absolute atomic E-state index is 12.8. The summed E-state index contributed by atoms with van der Waals surface area (Å²) in [6.07, 6.45) is 4.50. The van der Waals surface area contributed by atoms with Crippen LogP contribution in [-0.2, 0) is 4.79 Å². The summed E-state index contributed by atoms with van der Waals surface area (Å²) in [5, 5.41) is 2.89. The summed E-state index contributed by atoms with van der Waals surface area (Å²) in [5.74, 6) is 0.919. The second-order valence-electron chi connectivity index (χ2n) is 7.43. The van der Waals surface area contributed by atoms with E-state index in [1.807, 2.05) is 0 Å². The van der Waals surface area contributed by atoms with Crippen LogP contribution < -0.4 is 20.5 Å². The van der Waals surface area contributed by atoms with Crippen molar-refractivity contribution in [3.63, 3.8) is 0 Å². The lowest BCUT2D eigenvalue weighted by Crippen LogP contribution is -2.64. The predicted molar refractivity (Wildman–Crippen MR) is 107 cm³/mol. The van der Waals surface area contributed by atoms with Gasteiger partial charge < -0.3 is 25.4 Å². The summed E-state index contributed by atoms with van der Waals surface area (Å²) in [6, 6.07) is 5.03. The van der Waals surface area contributed by atoms with Gasteiger partial charge in [-0.1, -0.05) is 6.42 Å². The number of methoxy groups -OCH3 is 2. The second-order valence-corrected chi connectivity index (χ2v) is 7.43. The molecule has 3 amide bonds. The van der Waals surface area contributed by atoms with E-state index in [-0.39, 0.29) is 11.9 Å². The van der Waals surface area contributed by atoms with Gasteiger partial charge in [-0.3, -0.25) is 9.69 Å². The Morgan fingerprint density at radius 3 is 2.29 bits per heavy atom. The molecule has 8 heteroatoms. The Kier molecular flexibility index (Phi) is 6.28. The molecule has 3 rings (SSSR count). The predicted octanol–water partition coefficient (Wildman–Crippen LogP) is 2.04. The minimum atomic E-state index is -0.634. The third-order valence-corrected chi connectivity index (χ3v) is 5.95. The van der Waals surface area contributed by atoms with Gasteiger partial charge in [-0.25, -0.2) is 4.79 Å². The number of urea groups is 1. The van der Waals surface area contributed by atoms with Crippen LogP contribution in [0, 0.1) is 0 Å². The van der Waals surface area contributed by atoms with Crippen molar-refractivity contribution in [2.75, 3.05) is 45.7 Å². The van der Waals surface area contributed by atoms with Gasteiger partial charge in [0.2, 0.25) is 5.91 Å². The zero-order valence-electron chi connectivity index (χ0n) is 16.7. The Balaban J connectivity index is 1.67. The van der Waals surface area contributed by atoms with Gasteiger partial charge in [-0.15, -0.1) is 0 Å². The number of anilines is 1. The first kappa shape index (κ1) is 20.3. The molecule has 0 aliphatic carbocycles. The number of carbonyl (C=O) groups is 2. The van der Waals surface area contributed by atoms with Gasteiger partial charge in [0, 0.05) is 19.2 Å². The largest absolute Gasteiger partial charge is 0.497 e. The van der Waals surface area contributed by atoms with E-state index in [0.29, 0.717) is 43.1 Å². The maximum Gasteiger partial charge on any atom is 0.321 e. The normalized spacial score (nSPS) is 19.7. The van der Waals surface area contributed by atoms with Gasteiger partial charge in [0.15, 0.2) is 0 Å². The molecule has 0 spiro atoms. The van der Waals surface area contributed by atoms with Gasteiger partial charge in [-0.2, -0.15) is 0 Å². The quantitative estimate of drug-likeness (QED) is 0.802. The number of amides is 3. The number of hydrogen-bond donors (Lipinski definition) is 2. The van der Waals surface area contributed by atoms with Crippen LogP contribution in [0.2, 0.25) is 0 Å². The van der Waals surface area contributed by atoms with E-state index < -0.39 is 5.54 Å². The fourth-order valence-electron chi connectivity index (χ4n) is 4.23. The molecule has 3 N–H and O–H groups in total. The van der Waals surface area contributed by atoms with E-state index in [1.54, 1.807) is 37.3 Å². The van der Waals surface area contributed by atoms with Crippen molar-refractivity contribution in [2.45, 2.75) is 37.6 Å². The molecule has 0 unspecified atom stereocenters. The minimum Gasteiger partial charge on any atom is -0.497 e. The first-order chi connectivity index (χ1) is 13.5. The van der Waals surface area contributed by atoms with Crippen LogP contribution in [-0.4, -0.2) is 67.7 Å². The second kappa shape index (κ2) is 8.68. The third-order valence-electron chi connectivity index (χ3n) is 5.95. The molecule has 2 saturated heterocycles. The lowest BCUT2D eigenvalue weighted by atomic mass is 9.83. The summed E-state index contributed by atoms with van der Waals surface area (Å²) in [6.45, 7) is 2.77. The van der Waals surface area contributed by atoms with Crippen molar-refractivity contribution in [1.82, 2.24) is 9.80 Å². The van der Waals surface area contributed by atoms with Crippen LogP contribution in [0.5, 0.6) is 11.5 Å². The van der Waals surface area contributed by atoms with E-state index in [9.17, 15) is 9.59 Å². The molecule has 0 bridgehead atoms. The highest BCUT2D eigenvalue weighted by Crippen LogP contribution is 2.33. The molecule has 0 radical (unpaired) electrons. The Morgan fingerprint density at radius 2 is 1.71 bits per heavy atom. The summed E-state index contributed by atoms with van der Waals surface area (Å²) < 4.78 is 10.5. The van der Waals surface area contributed by atoms with Crippen LogP contribution in [0.25, 0.3) is 0 Å². The summed E-state index contributed by atoms with van der Waals surface area (Å²) in [5.41, 5.74) is 5.73. The van der Waals surface area contributed by atoms with Crippen molar-refractivity contribution in [3.8, 4) is 11.5 Å². The minimum absolute atomic E-state index is 0.219. The highest BCUT2D eigenvalue weighted by atomic mass is 16.5. The zero-order valence-corrected chi connectivity index (χ0v) is 16.7. The first-order valence-corrected chi connectivity index (χ1v) is 9.83. The summed E-state index contributed by atoms with van der Waals surface area (Å²) in [4.78, 5) is 29.1. The SMILES string of the molecule is COc1ccc(OC)c(NC(=O)N2CCC(C(N)=O)(N3CCCCC3)CC2)c1. The maximum atomic E-state index is 12.8. The lowest BCUT2D eigenvalue weighted by Gasteiger charge is -2.48. The highest BCUT2D eigenvalue weighted by molar-refractivity contribution is 5.92. The van der Waals surface area contributed by atoms with Crippen molar-refractivity contribution in [1.29, 1.82) is 0 Å². The molecule has 28 heavy (non-hydrogen) atoms. The standard InChI is InChI=1S/C20H30N4O4/c1-27-15-6-7-17(28-2)16(14-15)22-19(26)23-12-8-20(9-13-23,18(21)25)24-10-4-3-5-11-24/h6-7,14H,3-5,8-13H2,1-2H3,(H2,21,25)(H,22,26). The topological polar surface area (TPSA) is 97.1 Å². The van der Waals surface area contributed by atoms with Crippen LogP contribution in [0.15, 0.2) is 18.2 Å². The number of nitrogens with two attached hydrogens (primary N) is 1. The van der Waals surface area contributed by atoms with Crippen LogP contribution in [0.1, 0.15) is 32.1 Å². The average molecular weight is 390 g/mol. The Bertz CT molecular complexity index is 710. The van der Waals surface area contributed by atoms with Crippen LogP contribution in [0.3, 0.4) is 0 Å². The number of nitrogens with zero attached hydrogens (tertiary/aromatic N) is 2.